The Hall–Kier alpha value is -1.47. The molecule has 2 aromatic carbocycles. The van der Waals surface area contributed by atoms with Gasteiger partial charge in [0.1, 0.15) is 30.8 Å². The molecular weight excluding hydrogens is 403 g/mol. The van der Waals surface area contributed by atoms with E-state index in [1.165, 1.54) is 0 Å². The molecule has 2 N–H and O–H groups in total. The third kappa shape index (κ3) is 6.55. The number of hydrogen-bond donors (Lipinski definition) is 2. The van der Waals surface area contributed by atoms with Crippen molar-refractivity contribution in [1.82, 2.24) is 0 Å². The molecule has 0 aliphatic rings. The van der Waals surface area contributed by atoms with Gasteiger partial charge in [0.05, 0.1) is 17.7 Å². The van der Waals surface area contributed by atoms with Crippen molar-refractivity contribution < 1.29 is 23.6 Å². The summed E-state index contributed by atoms with van der Waals surface area (Å²) < 4.78 is 23.1. The maximum atomic E-state index is 12.1. The first-order valence-electron chi connectivity index (χ1n) is 8.99. The molecule has 2 aromatic rings. The van der Waals surface area contributed by atoms with E-state index in [-0.39, 0.29) is 42.4 Å². The smallest absolute Gasteiger partial charge is 0.119 e. The van der Waals surface area contributed by atoms with Gasteiger partial charge < -0.3 is 19.7 Å². The average molecular weight is 429 g/mol. The molecule has 0 saturated heterocycles. The van der Waals surface area contributed by atoms with Crippen LogP contribution in [-0.4, -0.2) is 47.3 Å². The van der Waals surface area contributed by atoms with E-state index < -0.39 is 12.2 Å². The van der Waals surface area contributed by atoms with E-state index in [1.807, 2.05) is 48.5 Å². The van der Waals surface area contributed by atoms with Crippen molar-refractivity contribution in [3.63, 3.8) is 0 Å². The van der Waals surface area contributed by atoms with Crippen LogP contribution >= 0.6 is 23.7 Å². The van der Waals surface area contributed by atoms with Crippen LogP contribution in [-0.2, 0) is 5.41 Å². The number of alkyl halides is 1. The maximum absolute atomic E-state index is 12.1. The zero-order chi connectivity index (χ0) is 20.6. The first-order valence-corrected chi connectivity index (χ1v) is 10.4. The summed E-state index contributed by atoms with van der Waals surface area (Å²) in [5.41, 5.74) is 1.98. The van der Waals surface area contributed by atoms with E-state index in [2.05, 4.69) is 13.8 Å². The van der Waals surface area contributed by atoms with Gasteiger partial charge >= 0.3 is 0 Å². The third-order valence-corrected chi connectivity index (χ3v) is 5.34. The lowest BCUT2D eigenvalue weighted by Crippen LogP contribution is -2.20. The van der Waals surface area contributed by atoms with Gasteiger partial charge in [-0.15, -0.1) is 11.6 Å². The third-order valence-electron chi connectivity index (χ3n) is 4.47. The van der Waals surface area contributed by atoms with Crippen LogP contribution in [0.5, 0.6) is 11.5 Å². The van der Waals surface area contributed by atoms with Crippen LogP contribution in [0.25, 0.3) is 0 Å². The molecule has 4 nitrogen and oxygen atoms in total. The van der Waals surface area contributed by atoms with Crippen LogP contribution < -0.4 is 9.47 Å². The number of ether oxygens (including phenoxy) is 2. The minimum Gasteiger partial charge on any atom is -0.491 e. The van der Waals surface area contributed by atoms with E-state index >= 15 is 0 Å². The molecule has 7 heteroatoms. The summed E-state index contributed by atoms with van der Waals surface area (Å²) in [4.78, 5) is 0. The van der Waals surface area contributed by atoms with Gasteiger partial charge in [-0.05, 0) is 35.4 Å². The zero-order valence-corrected chi connectivity index (χ0v) is 17.5. The summed E-state index contributed by atoms with van der Waals surface area (Å²) in [6.45, 7) is 4.46. The van der Waals surface area contributed by atoms with E-state index in [4.69, 9.17) is 21.1 Å². The van der Waals surface area contributed by atoms with Gasteiger partial charge in [-0.2, -0.15) is 3.89 Å². The topological polar surface area (TPSA) is 58.9 Å². The summed E-state index contributed by atoms with van der Waals surface area (Å²) >= 11 is 5.66. The van der Waals surface area contributed by atoms with Gasteiger partial charge in [-0.3, -0.25) is 0 Å². The van der Waals surface area contributed by atoms with Crippen LogP contribution in [0.1, 0.15) is 25.0 Å². The van der Waals surface area contributed by atoms with Gasteiger partial charge in [0.15, 0.2) is 0 Å². The zero-order valence-electron chi connectivity index (χ0n) is 16.0. The van der Waals surface area contributed by atoms with Crippen molar-refractivity contribution in [2.45, 2.75) is 31.5 Å². The number of hydrogen-bond acceptors (Lipinski definition) is 5. The van der Waals surface area contributed by atoms with E-state index in [1.54, 1.807) is 0 Å². The minimum atomic E-state index is -0.836. The number of aliphatic hydroxyl groups is 2. The fourth-order valence-electron chi connectivity index (χ4n) is 2.65. The Morgan fingerprint density at radius 3 is 1.71 bits per heavy atom. The molecule has 0 aliphatic carbocycles. The van der Waals surface area contributed by atoms with Crippen molar-refractivity contribution >= 4 is 23.7 Å². The van der Waals surface area contributed by atoms with E-state index in [0.717, 1.165) is 11.1 Å². The highest BCUT2D eigenvalue weighted by Gasteiger charge is 2.23. The molecule has 0 saturated carbocycles. The Kier molecular flexibility index (Phi) is 8.89. The second-order valence-electron chi connectivity index (χ2n) is 7.03. The van der Waals surface area contributed by atoms with Crippen LogP contribution in [0.15, 0.2) is 48.5 Å². The predicted octanol–water partition coefficient (Wildman–Crippen LogP) is 4.35. The molecule has 2 unspecified atom stereocenters. The molecule has 28 heavy (non-hydrogen) atoms. The number of benzene rings is 2. The molecule has 0 bridgehead atoms. The summed E-state index contributed by atoms with van der Waals surface area (Å²) in [6.07, 6.45) is -1.52. The fourth-order valence-corrected chi connectivity index (χ4v) is 2.98. The SMILES string of the molecule is CC(C)(c1ccc(OCC(O)CCl)cc1)c1ccc(OCC(O)CSF)cc1. The summed E-state index contributed by atoms with van der Waals surface area (Å²) in [5.74, 6) is 1.44. The average Bonchev–Trinajstić information content (AvgIpc) is 2.71. The highest BCUT2D eigenvalue weighted by Crippen LogP contribution is 2.33. The Bertz CT molecular complexity index is 709. The first kappa shape index (κ1) is 22.8. The standard InChI is InChI=1S/C21H26ClFO4S/c1-21(2,15-3-7-19(8-4-15)26-12-17(24)11-22)16-5-9-20(10-6-16)27-13-18(25)14-28-23/h3-10,17-18,24-25H,11-14H2,1-2H3. The van der Waals surface area contributed by atoms with Gasteiger partial charge in [0, 0.05) is 17.6 Å². The van der Waals surface area contributed by atoms with Gasteiger partial charge in [-0.25, -0.2) is 0 Å². The molecule has 0 spiro atoms. The lowest BCUT2D eigenvalue weighted by Gasteiger charge is -2.26. The molecule has 2 atom stereocenters. The normalized spacial score (nSPS) is 13.8. The van der Waals surface area contributed by atoms with Crippen LogP contribution in [0.4, 0.5) is 3.89 Å². The molecule has 0 fully saturated rings. The molecule has 2 rings (SSSR count). The Balaban J connectivity index is 2.01. The maximum Gasteiger partial charge on any atom is 0.119 e. The second-order valence-corrected chi connectivity index (χ2v) is 7.89. The van der Waals surface area contributed by atoms with Crippen molar-refractivity contribution in [2.75, 3.05) is 24.8 Å². The monoisotopic (exact) mass is 428 g/mol. The van der Waals surface area contributed by atoms with Gasteiger partial charge in [-0.1, -0.05) is 38.1 Å². The van der Waals surface area contributed by atoms with Gasteiger partial charge in [0.25, 0.3) is 0 Å². The summed E-state index contributed by atoms with van der Waals surface area (Å²) in [6, 6.07) is 15.4. The Morgan fingerprint density at radius 2 is 1.32 bits per heavy atom. The fraction of sp³-hybridized carbons (Fsp3) is 0.429. The Morgan fingerprint density at radius 1 is 0.893 bits per heavy atom. The predicted molar refractivity (Wildman–Crippen MR) is 112 cm³/mol. The summed E-state index contributed by atoms with van der Waals surface area (Å²) in [5, 5.41) is 19.0. The molecule has 0 aliphatic heterocycles. The highest BCUT2D eigenvalue weighted by molar-refractivity contribution is 7.94. The van der Waals surface area contributed by atoms with Crippen LogP contribution in [0.2, 0.25) is 0 Å². The molecule has 0 aromatic heterocycles. The van der Waals surface area contributed by atoms with E-state index in [0.29, 0.717) is 11.5 Å². The lowest BCUT2D eigenvalue weighted by atomic mass is 9.78. The number of aliphatic hydroxyl groups excluding tert-OH is 2. The minimum absolute atomic E-state index is 0.00430. The molecule has 0 amide bonds. The molecule has 154 valence electrons. The molecule has 0 radical (unpaired) electrons. The highest BCUT2D eigenvalue weighted by atomic mass is 35.5. The number of halogens is 2. The number of rotatable bonds is 11. The largest absolute Gasteiger partial charge is 0.491 e. The second kappa shape index (κ2) is 10.9. The van der Waals surface area contributed by atoms with Crippen molar-refractivity contribution in [1.29, 1.82) is 0 Å². The van der Waals surface area contributed by atoms with Gasteiger partial charge in [0.2, 0.25) is 0 Å². The van der Waals surface area contributed by atoms with Crippen molar-refractivity contribution in [2.24, 2.45) is 0 Å². The van der Waals surface area contributed by atoms with Crippen LogP contribution in [0, 0.1) is 0 Å². The van der Waals surface area contributed by atoms with Crippen molar-refractivity contribution in [3.05, 3.63) is 59.7 Å². The first-order chi connectivity index (χ1) is 13.4. The van der Waals surface area contributed by atoms with Crippen molar-refractivity contribution in [3.8, 4) is 11.5 Å². The van der Waals surface area contributed by atoms with Crippen LogP contribution in [0.3, 0.4) is 0 Å². The quantitative estimate of drug-likeness (QED) is 0.521. The summed E-state index contributed by atoms with van der Waals surface area (Å²) in [7, 11) is 0. The molecule has 0 heterocycles. The Labute approximate surface area is 174 Å². The van der Waals surface area contributed by atoms with E-state index in [9.17, 15) is 14.1 Å². The molecular formula is C21H26ClFO4S. The lowest BCUT2D eigenvalue weighted by molar-refractivity contribution is 0.125.